The van der Waals surface area contributed by atoms with Crippen molar-refractivity contribution < 1.29 is 28.6 Å². The van der Waals surface area contributed by atoms with E-state index in [1.165, 1.54) is 193 Å². The third-order valence-electron chi connectivity index (χ3n) is 14.6. The van der Waals surface area contributed by atoms with Crippen LogP contribution in [0, 0.1) is 0 Å². The van der Waals surface area contributed by atoms with Crippen molar-refractivity contribution in [1.29, 1.82) is 0 Å². The highest BCUT2D eigenvalue weighted by atomic mass is 16.6. The summed E-state index contributed by atoms with van der Waals surface area (Å²) < 4.78 is 16.9. The van der Waals surface area contributed by atoms with Crippen molar-refractivity contribution in [3.8, 4) is 0 Å². The van der Waals surface area contributed by atoms with Crippen molar-refractivity contribution in [1.82, 2.24) is 0 Å². The number of hydrogen-bond donors (Lipinski definition) is 0. The molecule has 0 aromatic rings. The Morgan fingerprint density at radius 3 is 0.821 bits per heavy atom. The van der Waals surface area contributed by atoms with Crippen LogP contribution in [-0.4, -0.2) is 37.2 Å². The van der Waals surface area contributed by atoms with Crippen molar-refractivity contribution in [2.45, 2.75) is 341 Å². The van der Waals surface area contributed by atoms with E-state index >= 15 is 0 Å². The predicted molar refractivity (Wildman–Crippen MR) is 339 cm³/mol. The fourth-order valence-electron chi connectivity index (χ4n) is 9.62. The van der Waals surface area contributed by atoms with Crippen LogP contribution in [0.15, 0.2) is 85.1 Å². The van der Waals surface area contributed by atoms with Crippen LogP contribution in [0.1, 0.15) is 335 Å². The van der Waals surface area contributed by atoms with Crippen molar-refractivity contribution in [2.75, 3.05) is 13.2 Å². The lowest BCUT2D eigenvalue weighted by molar-refractivity contribution is -0.167. The number of esters is 3. The average Bonchev–Trinajstić information content (AvgIpc) is 3.44. The van der Waals surface area contributed by atoms with Crippen LogP contribution in [0.2, 0.25) is 0 Å². The van der Waals surface area contributed by atoms with Gasteiger partial charge in [0.2, 0.25) is 0 Å². The summed E-state index contributed by atoms with van der Waals surface area (Å²) >= 11 is 0. The number of carbonyl (C=O) groups is 3. The van der Waals surface area contributed by atoms with Gasteiger partial charge in [0.05, 0.1) is 0 Å². The molecule has 0 saturated heterocycles. The van der Waals surface area contributed by atoms with Crippen molar-refractivity contribution >= 4 is 17.9 Å². The zero-order chi connectivity index (χ0) is 56.4. The highest BCUT2D eigenvalue weighted by molar-refractivity contribution is 5.71. The Balaban J connectivity index is 4.40. The number of rotatable bonds is 61. The van der Waals surface area contributed by atoms with E-state index in [-0.39, 0.29) is 37.5 Å². The molecule has 0 aliphatic heterocycles. The first-order chi connectivity index (χ1) is 38.5. The summed E-state index contributed by atoms with van der Waals surface area (Å²) in [5.41, 5.74) is 0. The van der Waals surface area contributed by atoms with Gasteiger partial charge in [-0.2, -0.15) is 0 Å². The fourth-order valence-corrected chi connectivity index (χ4v) is 9.62. The predicted octanol–water partition coefficient (Wildman–Crippen LogP) is 23.1. The van der Waals surface area contributed by atoms with Crippen LogP contribution >= 0.6 is 0 Å². The molecule has 1 atom stereocenters. The van der Waals surface area contributed by atoms with Crippen LogP contribution in [0.3, 0.4) is 0 Å². The van der Waals surface area contributed by atoms with Gasteiger partial charge >= 0.3 is 17.9 Å². The Labute approximate surface area is 484 Å². The van der Waals surface area contributed by atoms with Crippen LogP contribution in [0.25, 0.3) is 0 Å². The smallest absolute Gasteiger partial charge is 0.306 e. The zero-order valence-corrected chi connectivity index (χ0v) is 51.7. The van der Waals surface area contributed by atoms with Gasteiger partial charge in [-0.05, 0) is 96.3 Å². The number of hydrogen-bond acceptors (Lipinski definition) is 6. The lowest BCUT2D eigenvalue weighted by Crippen LogP contribution is -2.30. The quantitative estimate of drug-likeness (QED) is 0.0261. The second-order valence-corrected chi connectivity index (χ2v) is 22.4. The molecule has 0 aromatic heterocycles. The van der Waals surface area contributed by atoms with E-state index in [1.807, 2.05) is 0 Å². The third kappa shape index (κ3) is 63.4. The maximum absolute atomic E-state index is 12.9. The lowest BCUT2D eigenvalue weighted by atomic mass is 10.0. The largest absolute Gasteiger partial charge is 0.462 e. The Hall–Kier alpha value is -3.41. The first-order valence-electron chi connectivity index (χ1n) is 33.6. The highest BCUT2D eigenvalue weighted by Crippen LogP contribution is 2.17. The molecule has 6 heteroatoms. The van der Waals surface area contributed by atoms with Crippen LogP contribution in [-0.2, 0) is 28.6 Å². The molecule has 0 radical (unpaired) electrons. The third-order valence-corrected chi connectivity index (χ3v) is 14.6. The summed E-state index contributed by atoms with van der Waals surface area (Å²) in [5, 5.41) is 0. The van der Waals surface area contributed by atoms with E-state index in [2.05, 4.69) is 106 Å². The monoisotopic (exact) mass is 1090 g/mol. The number of carbonyl (C=O) groups excluding carboxylic acids is 3. The minimum Gasteiger partial charge on any atom is -0.462 e. The van der Waals surface area contributed by atoms with Crippen LogP contribution in [0.5, 0.6) is 0 Å². The van der Waals surface area contributed by atoms with Crippen LogP contribution in [0.4, 0.5) is 0 Å². The summed E-state index contributed by atoms with van der Waals surface area (Å²) in [6.07, 6.45) is 87.4. The molecule has 0 rings (SSSR count). The molecule has 78 heavy (non-hydrogen) atoms. The standard InChI is InChI=1S/C72H126O6/c1-4-7-10-13-16-19-22-25-28-31-34-35-36-39-41-44-47-50-53-56-59-62-65-71(74)77-68-69(78-72(75)66-63-60-57-54-51-48-45-42-38-33-30-27-24-21-18-15-12-9-6-3)67-76-70(73)64-61-58-55-52-49-46-43-40-37-32-29-26-23-20-17-14-11-8-5-2/h9,12,17-18,20-21,26-27,29-30,38,42,48,51,69H,4-8,10-11,13-16,19,22-25,28,31-37,39-41,43-47,49-50,52-68H2,1-3H3/b12-9-,20-17-,21-18-,29-26-,30-27-,42-38-,51-48-. The summed E-state index contributed by atoms with van der Waals surface area (Å²) in [6, 6.07) is 0. The molecule has 0 spiro atoms. The van der Waals surface area contributed by atoms with E-state index in [1.54, 1.807) is 0 Å². The molecule has 0 amide bonds. The Bertz CT molecular complexity index is 1480. The van der Waals surface area contributed by atoms with Gasteiger partial charge in [-0.15, -0.1) is 0 Å². The van der Waals surface area contributed by atoms with E-state index in [4.69, 9.17) is 14.2 Å². The molecule has 0 aliphatic rings. The zero-order valence-electron chi connectivity index (χ0n) is 51.7. The van der Waals surface area contributed by atoms with Gasteiger partial charge in [0, 0.05) is 19.3 Å². The maximum atomic E-state index is 12.9. The molecule has 0 aliphatic carbocycles. The maximum Gasteiger partial charge on any atom is 0.306 e. The molecule has 1 unspecified atom stereocenters. The molecule has 0 aromatic carbocycles. The molecule has 6 nitrogen and oxygen atoms in total. The molecule has 0 heterocycles. The van der Waals surface area contributed by atoms with Gasteiger partial charge in [-0.3, -0.25) is 14.4 Å². The van der Waals surface area contributed by atoms with E-state index < -0.39 is 6.10 Å². The van der Waals surface area contributed by atoms with E-state index in [0.717, 1.165) is 103 Å². The Morgan fingerprint density at radius 2 is 0.500 bits per heavy atom. The lowest BCUT2D eigenvalue weighted by Gasteiger charge is -2.18. The van der Waals surface area contributed by atoms with E-state index in [9.17, 15) is 14.4 Å². The highest BCUT2D eigenvalue weighted by Gasteiger charge is 2.19. The Kier molecular flexibility index (Phi) is 63.2. The van der Waals surface area contributed by atoms with E-state index in [0.29, 0.717) is 12.8 Å². The van der Waals surface area contributed by atoms with Gasteiger partial charge in [0.15, 0.2) is 6.10 Å². The average molecular weight is 1090 g/mol. The van der Waals surface area contributed by atoms with Crippen LogP contribution < -0.4 is 0 Å². The Morgan fingerprint density at radius 1 is 0.269 bits per heavy atom. The van der Waals surface area contributed by atoms with Gasteiger partial charge in [-0.25, -0.2) is 0 Å². The van der Waals surface area contributed by atoms with Crippen molar-refractivity contribution in [2.24, 2.45) is 0 Å². The summed E-state index contributed by atoms with van der Waals surface area (Å²) in [5.74, 6) is -0.908. The number of unbranched alkanes of at least 4 members (excludes halogenated alkanes) is 36. The summed E-state index contributed by atoms with van der Waals surface area (Å²) in [7, 11) is 0. The number of ether oxygens (including phenoxy) is 3. The molecule has 0 fully saturated rings. The fraction of sp³-hybridized carbons (Fsp3) is 0.764. The second-order valence-electron chi connectivity index (χ2n) is 22.4. The SMILES string of the molecule is CC/C=C\C/C=C\C/C=C\C/C=C\C/C=C\CCCCCC(=O)OC(COC(=O)CCCCCCCCCCC/C=C\C/C=C\CCCCC)COC(=O)CCCCCCCCCCCCCCCCCCCCCCCC. The molecule has 0 N–H and O–H groups in total. The molecule has 0 bridgehead atoms. The summed E-state index contributed by atoms with van der Waals surface area (Å²) in [6.45, 7) is 6.52. The molecule has 0 saturated carbocycles. The second kappa shape index (κ2) is 66.1. The van der Waals surface area contributed by atoms with Gasteiger partial charge in [-0.1, -0.05) is 305 Å². The van der Waals surface area contributed by atoms with Gasteiger partial charge < -0.3 is 14.2 Å². The first kappa shape index (κ1) is 74.6. The molecular weight excluding hydrogens is 961 g/mol. The number of allylic oxidation sites excluding steroid dienone is 14. The minimum atomic E-state index is -0.797. The normalized spacial score (nSPS) is 12.6. The molecular formula is C72H126O6. The molecule has 450 valence electrons. The van der Waals surface area contributed by atoms with Crippen molar-refractivity contribution in [3.05, 3.63) is 85.1 Å². The summed E-state index contributed by atoms with van der Waals surface area (Å²) in [4.78, 5) is 38.4. The first-order valence-corrected chi connectivity index (χ1v) is 33.6. The van der Waals surface area contributed by atoms with Gasteiger partial charge in [0.25, 0.3) is 0 Å². The topological polar surface area (TPSA) is 78.9 Å². The minimum absolute atomic E-state index is 0.0885. The van der Waals surface area contributed by atoms with Crippen molar-refractivity contribution in [3.63, 3.8) is 0 Å². The van der Waals surface area contributed by atoms with Gasteiger partial charge in [0.1, 0.15) is 13.2 Å².